The van der Waals surface area contributed by atoms with Gasteiger partial charge in [-0.15, -0.1) is 11.3 Å². The fourth-order valence-corrected chi connectivity index (χ4v) is 4.98. The van der Waals surface area contributed by atoms with Gasteiger partial charge in [-0.25, -0.2) is 4.98 Å². The van der Waals surface area contributed by atoms with Crippen LogP contribution < -0.4 is 10.6 Å². The smallest absolute Gasteiger partial charge is 0.270 e. The number of hydrogen-bond donors (Lipinski definition) is 2. The molecular weight excluding hydrogens is 430 g/mol. The molecule has 31 heavy (non-hydrogen) atoms. The third kappa shape index (κ3) is 8.62. The van der Waals surface area contributed by atoms with E-state index in [-0.39, 0.29) is 11.8 Å². The van der Waals surface area contributed by atoms with Gasteiger partial charge in [-0.2, -0.15) is 0 Å². The lowest BCUT2D eigenvalue weighted by Gasteiger charge is -2.21. The number of nitrogens with zero attached hydrogens (tertiary/aromatic N) is 1. The van der Waals surface area contributed by atoms with Crippen LogP contribution in [0.2, 0.25) is 5.02 Å². The van der Waals surface area contributed by atoms with Crippen LogP contribution >= 0.6 is 22.9 Å². The first-order chi connectivity index (χ1) is 15.1. The molecule has 0 radical (unpaired) electrons. The van der Waals surface area contributed by atoms with Gasteiger partial charge in [-0.05, 0) is 36.5 Å². The third-order valence-corrected chi connectivity index (χ3v) is 6.88. The molecule has 1 aliphatic carbocycles. The molecule has 2 N–H and O–H groups in total. The minimum absolute atomic E-state index is 0.0615. The first-order valence-corrected chi connectivity index (χ1v) is 12.6. The van der Waals surface area contributed by atoms with Crippen molar-refractivity contribution in [3.05, 3.63) is 50.9 Å². The van der Waals surface area contributed by atoms with E-state index in [1.165, 1.54) is 49.9 Å². The van der Waals surface area contributed by atoms with Crippen LogP contribution in [-0.4, -0.2) is 23.3 Å². The molecule has 2 aromatic rings. The summed E-state index contributed by atoms with van der Waals surface area (Å²) in [7, 11) is 0. The number of unbranched alkanes of at least 4 members (excludes halogenated alkanes) is 1. The Morgan fingerprint density at radius 1 is 1.13 bits per heavy atom. The van der Waals surface area contributed by atoms with E-state index in [1.807, 2.05) is 24.3 Å². The normalized spacial score (nSPS) is 14.4. The molecule has 0 unspecified atom stereocenters. The van der Waals surface area contributed by atoms with Crippen molar-refractivity contribution in [3.8, 4) is 0 Å². The monoisotopic (exact) mass is 461 g/mol. The van der Waals surface area contributed by atoms with Crippen LogP contribution in [0.15, 0.2) is 29.6 Å². The van der Waals surface area contributed by atoms with Gasteiger partial charge in [-0.3, -0.25) is 9.59 Å². The summed E-state index contributed by atoms with van der Waals surface area (Å²) >= 11 is 7.37. The van der Waals surface area contributed by atoms with Crippen molar-refractivity contribution < 1.29 is 9.59 Å². The van der Waals surface area contributed by atoms with Crippen LogP contribution in [0.25, 0.3) is 0 Å². The summed E-state index contributed by atoms with van der Waals surface area (Å²) in [5.41, 5.74) is 1.47. The maximum atomic E-state index is 12.3. The molecule has 1 saturated carbocycles. The molecule has 2 amide bonds. The Kier molecular flexibility index (Phi) is 9.82. The molecule has 1 aromatic heterocycles. The lowest BCUT2D eigenvalue weighted by atomic mass is 9.85. The zero-order valence-corrected chi connectivity index (χ0v) is 19.6. The number of carbonyl (C=O) groups is 2. The van der Waals surface area contributed by atoms with Gasteiger partial charge in [0.05, 0.1) is 6.54 Å². The zero-order valence-electron chi connectivity index (χ0n) is 18.0. The lowest BCUT2D eigenvalue weighted by molar-refractivity contribution is -0.121. The highest BCUT2D eigenvalue weighted by Gasteiger charge is 2.14. The summed E-state index contributed by atoms with van der Waals surface area (Å²) in [4.78, 5) is 28.7. The van der Waals surface area contributed by atoms with E-state index < -0.39 is 0 Å². The van der Waals surface area contributed by atoms with Gasteiger partial charge in [0, 0.05) is 23.4 Å². The molecule has 0 bridgehead atoms. The molecule has 1 heterocycles. The fourth-order valence-electron chi connectivity index (χ4n) is 4.06. The number of aromatic nitrogens is 1. The minimum atomic E-state index is -0.196. The molecular formula is C24H32ClN3O2S. The van der Waals surface area contributed by atoms with E-state index in [4.69, 9.17) is 11.6 Å². The van der Waals surface area contributed by atoms with Crippen molar-refractivity contribution in [1.82, 2.24) is 15.6 Å². The number of benzene rings is 1. The van der Waals surface area contributed by atoms with E-state index in [1.54, 1.807) is 5.38 Å². The Morgan fingerprint density at radius 2 is 1.97 bits per heavy atom. The number of halogens is 1. The van der Waals surface area contributed by atoms with E-state index in [0.29, 0.717) is 36.6 Å². The molecule has 0 saturated heterocycles. The highest BCUT2D eigenvalue weighted by atomic mass is 35.5. The van der Waals surface area contributed by atoms with Crippen molar-refractivity contribution in [2.24, 2.45) is 5.92 Å². The highest BCUT2D eigenvalue weighted by molar-refractivity contribution is 7.09. The number of rotatable bonds is 11. The SMILES string of the molecule is O=C(CCCCC1CCCCC1)NCc1nc(C(=O)NCCc2cccc(Cl)c2)cs1. The van der Waals surface area contributed by atoms with E-state index in [2.05, 4.69) is 15.6 Å². The molecule has 5 nitrogen and oxygen atoms in total. The van der Waals surface area contributed by atoms with Crippen LogP contribution in [0.3, 0.4) is 0 Å². The average molecular weight is 462 g/mol. The van der Waals surface area contributed by atoms with Crippen molar-refractivity contribution >= 4 is 34.8 Å². The average Bonchev–Trinajstić information content (AvgIpc) is 3.25. The highest BCUT2D eigenvalue weighted by Crippen LogP contribution is 2.27. The number of thiazole rings is 1. The Bertz CT molecular complexity index is 849. The number of carbonyl (C=O) groups excluding carboxylic acids is 2. The van der Waals surface area contributed by atoms with Gasteiger partial charge in [0.25, 0.3) is 5.91 Å². The second kappa shape index (κ2) is 12.8. The maximum Gasteiger partial charge on any atom is 0.270 e. The van der Waals surface area contributed by atoms with E-state index in [0.717, 1.165) is 29.3 Å². The van der Waals surface area contributed by atoms with Crippen LogP contribution in [0.4, 0.5) is 0 Å². The predicted molar refractivity (Wildman–Crippen MR) is 126 cm³/mol. The Hall–Kier alpha value is -1.92. The van der Waals surface area contributed by atoms with Gasteiger partial charge in [0.2, 0.25) is 5.91 Å². The van der Waals surface area contributed by atoms with Crippen LogP contribution in [0.5, 0.6) is 0 Å². The molecule has 1 fully saturated rings. The van der Waals surface area contributed by atoms with E-state index in [9.17, 15) is 9.59 Å². The molecule has 1 aromatic carbocycles. The largest absolute Gasteiger partial charge is 0.350 e. The quantitative estimate of drug-likeness (QED) is 0.432. The molecule has 3 rings (SSSR count). The number of nitrogens with one attached hydrogen (secondary N) is 2. The number of amides is 2. The van der Waals surface area contributed by atoms with Crippen molar-refractivity contribution in [3.63, 3.8) is 0 Å². The summed E-state index contributed by atoms with van der Waals surface area (Å²) in [6, 6.07) is 7.61. The summed E-state index contributed by atoms with van der Waals surface area (Å²) in [5.74, 6) is 0.743. The van der Waals surface area contributed by atoms with Gasteiger partial charge in [0.15, 0.2) is 0 Å². The molecule has 0 aliphatic heterocycles. The first kappa shape index (κ1) is 23.7. The van der Waals surface area contributed by atoms with Crippen LogP contribution in [0, 0.1) is 5.92 Å². The minimum Gasteiger partial charge on any atom is -0.350 e. The van der Waals surface area contributed by atoms with Gasteiger partial charge in [-0.1, -0.05) is 68.7 Å². The number of hydrogen-bond acceptors (Lipinski definition) is 4. The Labute approximate surface area is 194 Å². The second-order valence-corrected chi connectivity index (χ2v) is 9.67. The van der Waals surface area contributed by atoms with Crippen molar-refractivity contribution in [2.45, 2.75) is 70.8 Å². The third-order valence-electron chi connectivity index (χ3n) is 5.80. The van der Waals surface area contributed by atoms with Crippen molar-refractivity contribution in [2.75, 3.05) is 6.54 Å². The fraction of sp³-hybridized carbons (Fsp3) is 0.542. The maximum absolute atomic E-state index is 12.3. The van der Waals surface area contributed by atoms with E-state index >= 15 is 0 Å². The standard InChI is InChI=1S/C24H32ClN3O2S/c25-20-11-6-10-19(15-20)13-14-26-24(30)21-17-31-23(28-21)16-27-22(29)12-5-4-9-18-7-2-1-3-8-18/h6,10-11,15,17-18H,1-5,7-9,12-14,16H2,(H,26,30)(H,27,29). The summed E-state index contributed by atoms with van der Waals surface area (Å²) in [5, 5.41) is 8.98. The molecule has 0 spiro atoms. The first-order valence-electron chi connectivity index (χ1n) is 11.3. The predicted octanol–water partition coefficient (Wildman–Crippen LogP) is 5.53. The molecule has 7 heteroatoms. The molecule has 0 atom stereocenters. The molecule has 168 valence electrons. The Balaban J connectivity index is 1.29. The summed E-state index contributed by atoms with van der Waals surface area (Å²) < 4.78 is 0. The zero-order chi connectivity index (χ0) is 21.9. The topological polar surface area (TPSA) is 71.1 Å². The van der Waals surface area contributed by atoms with Crippen LogP contribution in [0.1, 0.15) is 78.8 Å². The molecule has 1 aliphatic rings. The van der Waals surface area contributed by atoms with Crippen molar-refractivity contribution in [1.29, 1.82) is 0 Å². The van der Waals surface area contributed by atoms with Gasteiger partial charge in [0.1, 0.15) is 10.7 Å². The van der Waals surface area contributed by atoms with Gasteiger partial charge < -0.3 is 10.6 Å². The summed E-state index contributed by atoms with van der Waals surface area (Å²) in [6.07, 6.45) is 11.5. The van der Waals surface area contributed by atoms with Gasteiger partial charge >= 0.3 is 0 Å². The second-order valence-electron chi connectivity index (χ2n) is 8.29. The lowest BCUT2D eigenvalue weighted by Crippen LogP contribution is -2.26. The summed E-state index contributed by atoms with van der Waals surface area (Å²) in [6.45, 7) is 0.894. The Morgan fingerprint density at radius 3 is 2.77 bits per heavy atom. The van der Waals surface area contributed by atoms with Crippen LogP contribution in [-0.2, 0) is 17.8 Å².